The molecular weight excluding hydrogens is 431 g/mol. The van der Waals surface area contributed by atoms with Crippen LogP contribution in [0, 0.1) is 26.6 Å². The standard InChI is InChI=1S/C23H25FN4O3S/c1-16-14-18(3)21(15-17(16)2)32(30,31)27-12-10-26(11-13-27)22-8-9-23(29)28(25-22)20-6-4-19(24)5-7-20/h4-9,14-15H,10-13H2,1-3H3. The Labute approximate surface area is 186 Å². The Kier molecular flexibility index (Phi) is 5.87. The second-order valence-electron chi connectivity index (χ2n) is 8.01. The summed E-state index contributed by atoms with van der Waals surface area (Å²) in [5, 5.41) is 4.42. The van der Waals surface area contributed by atoms with Crippen molar-refractivity contribution in [1.82, 2.24) is 14.1 Å². The summed E-state index contributed by atoms with van der Waals surface area (Å²) in [5.74, 6) is 0.169. The average Bonchev–Trinajstić information content (AvgIpc) is 2.77. The van der Waals surface area contributed by atoms with Crippen LogP contribution in [-0.4, -0.2) is 48.7 Å². The Bertz CT molecular complexity index is 1310. The van der Waals surface area contributed by atoms with Gasteiger partial charge in [0, 0.05) is 32.2 Å². The third kappa shape index (κ3) is 4.18. The molecule has 0 amide bonds. The minimum Gasteiger partial charge on any atom is -0.353 e. The number of hydrogen-bond donors (Lipinski definition) is 0. The van der Waals surface area contributed by atoms with Gasteiger partial charge in [0.25, 0.3) is 5.56 Å². The zero-order chi connectivity index (χ0) is 23.0. The molecule has 0 atom stereocenters. The first-order chi connectivity index (χ1) is 15.2. The van der Waals surface area contributed by atoms with Crippen LogP contribution < -0.4 is 10.5 Å². The number of hydrogen-bond acceptors (Lipinski definition) is 5. The molecule has 168 valence electrons. The fraction of sp³-hybridized carbons (Fsp3) is 0.304. The molecule has 0 unspecified atom stereocenters. The summed E-state index contributed by atoms with van der Waals surface area (Å²) in [6, 6.07) is 12.2. The van der Waals surface area contributed by atoms with E-state index in [2.05, 4.69) is 5.10 Å². The molecular formula is C23H25FN4O3S. The van der Waals surface area contributed by atoms with E-state index in [4.69, 9.17) is 0 Å². The van der Waals surface area contributed by atoms with Gasteiger partial charge in [0.2, 0.25) is 10.0 Å². The van der Waals surface area contributed by atoms with Gasteiger partial charge >= 0.3 is 0 Å². The van der Waals surface area contributed by atoms with E-state index in [1.807, 2.05) is 31.7 Å². The second-order valence-corrected chi connectivity index (χ2v) is 9.92. The maximum Gasteiger partial charge on any atom is 0.271 e. The quantitative estimate of drug-likeness (QED) is 0.604. The van der Waals surface area contributed by atoms with E-state index in [0.717, 1.165) is 16.7 Å². The van der Waals surface area contributed by atoms with Gasteiger partial charge in [-0.3, -0.25) is 4.79 Å². The van der Waals surface area contributed by atoms with Crippen molar-refractivity contribution in [3.63, 3.8) is 0 Å². The molecule has 1 saturated heterocycles. The van der Waals surface area contributed by atoms with Crippen molar-refractivity contribution >= 4 is 15.8 Å². The van der Waals surface area contributed by atoms with Crippen LogP contribution in [0.5, 0.6) is 0 Å². The molecule has 3 aromatic rings. The maximum absolute atomic E-state index is 13.2. The third-order valence-electron chi connectivity index (χ3n) is 5.83. The van der Waals surface area contributed by atoms with Crippen molar-refractivity contribution < 1.29 is 12.8 Å². The van der Waals surface area contributed by atoms with E-state index < -0.39 is 15.8 Å². The van der Waals surface area contributed by atoms with Gasteiger partial charge in [-0.1, -0.05) is 6.07 Å². The first-order valence-corrected chi connectivity index (χ1v) is 11.8. The van der Waals surface area contributed by atoms with Gasteiger partial charge in [0.1, 0.15) is 11.6 Å². The Balaban J connectivity index is 1.54. The highest BCUT2D eigenvalue weighted by molar-refractivity contribution is 7.89. The molecule has 1 fully saturated rings. The molecule has 0 saturated carbocycles. The predicted octanol–water partition coefficient (Wildman–Crippen LogP) is 2.81. The van der Waals surface area contributed by atoms with Crippen LogP contribution >= 0.6 is 0 Å². The fourth-order valence-corrected chi connectivity index (χ4v) is 5.56. The third-order valence-corrected chi connectivity index (χ3v) is 7.87. The summed E-state index contributed by atoms with van der Waals surface area (Å²) in [4.78, 5) is 14.6. The first-order valence-electron chi connectivity index (χ1n) is 10.4. The Hall–Kier alpha value is -3.04. The van der Waals surface area contributed by atoms with E-state index in [-0.39, 0.29) is 5.56 Å². The first kappa shape index (κ1) is 22.2. The fourth-order valence-electron chi connectivity index (χ4n) is 3.85. The van der Waals surface area contributed by atoms with Crippen LogP contribution in [-0.2, 0) is 10.0 Å². The zero-order valence-corrected chi connectivity index (χ0v) is 19.1. The molecule has 0 spiro atoms. The van der Waals surface area contributed by atoms with Gasteiger partial charge in [-0.25, -0.2) is 12.8 Å². The summed E-state index contributed by atoms with van der Waals surface area (Å²) < 4.78 is 42.4. The minimum absolute atomic E-state index is 0.312. The highest BCUT2D eigenvalue weighted by Crippen LogP contribution is 2.25. The lowest BCUT2D eigenvalue weighted by atomic mass is 10.1. The molecule has 4 rings (SSSR count). The zero-order valence-electron chi connectivity index (χ0n) is 18.2. The van der Waals surface area contributed by atoms with Crippen LogP contribution in [0.4, 0.5) is 10.2 Å². The van der Waals surface area contributed by atoms with Crippen LogP contribution in [0.1, 0.15) is 16.7 Å². The molecule has 2 aromatic carbocycles. The smallest absolute Gasteiger partial charge is 0.271 e. The Morgan fingerprint density at radius 1 is 0.844 bits per heavy atom. The largest absolute Gasteiger partial charge is 0.353 e. The number of halogens is 1. The van der Waals surface area contributed by atoms with Gasteiger partial charge in [0.15, 0.2) is 0 Å². The number of sulfonamides is 1. The average molecular weight is 457 g/mol. The monoisotopic (exact) mass is 456 g/mol. The molecule has 7 nitrogen and oxygen atoms in total. The lowest BCUT2D eigenvalue weighted by molar-refractivity contribution is 0.383. The molecule has 2 heterocycles. The lowest BCUT2D eigenvalue weighted by Gasteiger charge is -2.35. The van der Waals surface area contributed by atoms with Gasteiger partial charge in [-0.15, -0.1) is 5.10 Å². The second kappa shape index (κ2) is 8.48. The number of benzene rings is 2. The molecule has 1 aromatic heterocycles. The molecule has 0 radical (unpaired) electrons. The number of aromatic nitrogens is 2. The van der Waals surface area contributed by atoms with Crippen molar-refractivity contribution in [2.24, 2.45) is 0 Å². The molecule has 0 bridgehead atoms. The van der Waals surface area contributed by atoms with Gasteiger partial charge in [-0.2, -0.15) is 8.99 Å². The van der Waals surface area contributed by atoms with Gasteiger partial charge < -0.3 is 4.90 Å². The topological polar surface area (TPSA) is 75.5 Å². The summed E-state index contributed by atoms with van der Waals surface area (Å²) in [6.07, 6.45) is 0. The van der Waals surface area contributed by atoms with E-state index >= 15 is 0 Å². The number of aryl methyl sites for hydroxylation is 3. The highest BCUT2D eigenvalue weighted by Gasteiger charge is 2.30. The molecule has 9 heteroatoms. The molecule has 0 N–H and O–H groups in total. The van der Waals surface area contributed by atoms with E-state index in [1.54, 1.807) is 12.1 Å². The summed E-state index contributed by atoms with van der Waals surface area (Å²) in [6.45, 7) is 7.20. The normalized spacial score (nSPS) is 15.2. The molecule has 32 heavy (non-hydrogen) atoms. The number of piperazine rings is 1. The summed E-state index contributed by atoms with van der Waals surface area (Å²) in [5.41, 5.74) is 2.88. The van der Waals surface area contributed by atoms with Crippen molar-refractivity contribution in [2.45, 2.75) is 25.7 Å². The molecule has 1 aliphatic rings. The lowest BCUT2D eigenvalue weighted by Crippen LogP contribution is -2.49. The Morgan fingerprint density at radius 2 is 1.47 bits per heavy atom. The number of nitrogens with zero attached hydrogens (tertiary/aromatic N) is 4. The SMILES string of the molecule is Cc1cc(C)c(S(=O)(=O)N2CCN(c3ccc(=O)n(-c4ccc(F)cc4)n3)CC2)cc1C. The van der Waals surface area contributed by atoms with E-state index in [0.29, 0.717) is 42.6 Å². The van der Waals surface area contributed by atoms with Crippen LogP contribution in [0.25, 0.3) is 5.69 Å². The van der Waals surface area contributed by atoms with Crippen LogP contribution in [0.2, 0.25) is 0 Å². The van der Waals surface area contributed by atoms with E-state index in [9.17, 15) is 17.6 Å². The molecule has 0 aliphatic carbocycles. The highest BCUT2D eigenvalue weighted by atomic mass is 32.2. The van der Waals surface area contributed by atoms with Crippen LogP contribution in [0.15, 0.2) is 58.2 Å². The van der Waals surface area contributed by atoms with E-state index in [1.165, 1.54) is 39.3 Å². The predicted molar refractivity (Wildman–Crippen MR) is 121 cm³/mol. The maximum atomic E-state index is 13.2. The van der Waals surface area contributed by atoms with Crippen molar-refractivity contribution in [2.75, 3.05) is 31.1 Å². The summed E-state index contributed by atoms with van der Waals surface area (Å²) in [7, 11) is -3.60. The number of rotatable bonds is 4. The van der Waals surface area contributed by atoms with Gasteiger partial charge in [-0.05, 0) is 73.9 Å². The molecule has 1 aliphatic heterocycles. The van der Waals surface area contributed by atoms with Crippen molar-refractivity contribution in [3.05, 3.63) is 81.4 Å². The van der Waals surface area contributed by atoms with Crippen LogP contribution in [0.3, 0.4) is 0 Å². The van der Waals surface area contributed by atoms with Gasteiger partial charge in [0.05, 0.1) is 10.6 Å². The van der Waals surface area contributed by atoms with Crippen molar-refractivity contribution in [3.8, 4) is 5.69 Å². The summed E-state index contributed by atoms with van der Waals surface area (Å²) >= 11 is 0. The number of anilines is 1. The Morgan fingerprint density at radius 3 is 2.12 bits per heavy atom. The minimum atomic E-state index is -3.60. The van der Waals surface area contributed by atoms with Crippen molar-refractivity contribution in [1.29, 1.82) is 0 Å².